The summed E-state index contributed by atoms with van der Waals surface area (Å²) in [5.41, 5.74) is 2.20. The zero-order valence-electron chi connectivity index (χ0n) is 15.6. The van der Waals surface area contributed by atoms with Crippen LogP contribution in [-0.2, 0) is 11.3 Å². The van der Waals surface area contributed by atoms with Gasteiger partial charge in [-0.15, -0.1) is 11.8 Å². The number of nitrogens with zero attached hydrogens (tertiary/aromatic N) is 1. The van der Waals surface area contributed by atoms with Gasteiger partial charge in [0.2, 0.25) is 5.91 Å². The molecule has 0 radical (unpaired) electrons. The average Bonchev–Trinajstić information content (AvgIpc) is 2.49. The number of carbonyl (C=O) groups is 1. The Kier molecular flexibility index (Phi) is 8.11. The first-order valence-corrected chi connectivity index (χ1v) is 9.44. The van der Waals surface area contributed by atoms with E-state index < -0.39 is 0 Å². The molecule has 134 valence electrons. The van der Waals surface area contributed by atoms with Gasteiger partial charge in [-0.2, -0.15) is 0 Å². The number of amides is 1. The second kappa shape index (κ2) is 9.57. The molecule has 1 amide bonds. The molecule has 0 aliphatic rings. The third-order valence-electron chi connectivity index (χ3n) is 3.13. The van der Waals surface area contributed by atoms with E-state index in [2.05, 4.69) is 52.3 Å². The standard InChI is InChI=1S/C18H30N4OS/c1-7-19-17(21-12-16(23)22-18(3,4)5)20-11-14-9-8-13(2)10-15(14)24-6/h8-10H,7,11-12H2,1-6H3,(H,22,23)(H2,19,20,21). The highest BCUT2D eigenvalue weighted by molar-refractivity contribution is 7.98. The molecule has 6 heteroatoms. The number of carbonyl (C=O) groups excluding carboxylic acids is 1. The maximum atomic E-state index is 11.9. The Hall–Kier alpha value is -1.69. The zero-order chi connectivity index (χ0) is 18.2. The van der Waals surface area contributed by atoms with Gasteiger partial charge in [-0.25, -0.2) is 4.99 Å². The quantitative estimate of drug-likeness (QED) is 0.419. The van der Waals surface area contributed by atoms with Crippen molar-refractivity contribution < 1.29 is 4.79 Å². The first-order valence-electron chi connectivity index (χ1n) is 8.22. The average molecular weight is 351 g/mol. The number of rotatable bonds is 6. The molecule has 0 unspecified atom stereocenters. The molecule has 1 rings (SSSR count). The minimum absolute atomic E-state index is 0.0479. The molecule has 5 nitrogen and oxygen atoms in total. The van der Waals surface area contributed by atoms with Gasteiger partial charge in [0, 0.05) is 17.0 Å². The fourth-order valence-corrected chi connectivity index (χ4v) is 2.81. The maximum Gasteiger partial charge on any atom is 0.239 e. The van der Waals surface area contributed by atoms with Crippen molar-refractivity contribution in [1.29, 1.82) is 0 Å². The number of aryl methyl sites for hydroxylation is 1. The smallest absolute Gasteiger partial charge is 0.239 e. The number of thioether (sulfide) groups is 1. The van der Waals surface area contributed by atoms with Crippen molar-refractivity contribution in [2.75, 3.05) is 19.3 Å². The van der Waals surface area contributed by atoms with Crippen molar-refractivity contribution in [3.8, 4) is 0 Å². The van der Waals surface area contributed by atoms with Crippen LogP contribution in [-0.4, -0.2) is 36.8 Å². The summed E-state index contributed by atoms with van der Waals surface area (Å²) < 4.78 is 0. The molecular formula is C18H30N4OS. The second-order valence-electron chi connectivity index (χ2n) is 6.66. The monoisotopic (exact) mass is 350 g/mol. The van der Waals surface area contributed by atoms with E-state index in [1.807, 2.05) is 27.7 Å². The first-order chi connectivity index (χ1) is 11.2. The van der Waals surface area contributed by atoms with E-state index in [4.69, 9.17) is 0 Å². The molecule has 0 spiro atoms. The lowest BCUT2D eigenvalue weighted by atomic mass is 10.1. The summed E-state index contributed by atoms with van der Waals surface area (Å²) in [4.78, 5) is 17.7. The van der Waals surface area contributed by atoms with Crippen molar-refractivity contribution in [1.82, 2.24) is 16.0 Å². The Morgan fingerprint density at radius 3 is 2.54 bits per heavy atom. The molecule has 1 aromatic rings. The molecule has 0 saturated carbocycles. The Morgan fingerprint density at radius 1 is 1.25 bits per heavy atom. The minimum Gasteiger partial charge on any atom is -0.357 e. The number of nitrogens with one attached hydrogen (secondary N) is 3. The minimum atomic E-state index is -0.233. The molecule has 0 aliphatic carbocycles. The van der Waals surface area contributed by atoms with Gasteiger partial charge in [0.25, 0.3) is 0 Å². The lowest BCUT2D eigenvalue weighted by Crippen LogP contribution is -2.48. The highest BCUT2D eigenvalue weighted by Gasteiger charge is 2.13. The molecule has 1 aromatic carbocycles. The largest absolute Gasteiger partial charge is 0.357 e. The van der Waals surface area contributed by atoms with Crippen LogP contribution in [0, 0.1) is 6.92 Å². The molecule has 0 aromatic heterocycles. The van der Waals surface area contributed by atoms with Crippen LogP contribution >= 0.6 is 11.8 Å². The number of guanidine groups is 1. The number of hydrogen-bond donors (Lipinski definition) is 3. The molecule has 0 aliphatic heterocycles. The third kappa shape index (κ3) is 7.73. The van der Waals surface area contributed by atoms with Gasteiger partial charge in [0.1, 0.15) is 0 Å². The zero-order valence-corrected chi connectivity index (χ0v) is 16.4. The Balaban J connectivity index is 2.71. The van der Waals surface area contributed by atoms with E-state index >= 15 is 0 Å². The van der Waals surface area contributed by atoms with Crippen molar-refractivity contribution >= 4 is 23.6 Å². The van der Waals surface area contributed by atoms with Gasteiger partial charge in [-0.1, -0.05) is 12.1 Å². The lowest BCUT2D eigenvalue weighted by Gasteiger charge is -2.21. The topological polar surface area (TPSA) is 65.5 Å². The molecule has 0 saturated heterocycles. The summed E-state index contributed by atoms with van der Waals surface area (Å²) in [5.74, 6) is 0.599. The molecular weight excluding hydrogens is 320 g/mol. The number of aliphatic imine (C=N–C) groups is 1. The van der Waals surface area contributed by atoms with E-state index in [0.717, 1.165) is 6.54 Å². The van der Waals surface area contributed by atoms with E-state index in [-0.39, 0.29) is 18.0 Å². The fraction of sp³-hybridized carbons (Fsp3) is 0.556. The normalized spacial score (nSPS) is 12.0. The molecule has 0 bridgehead atoms. The summed E-state index contributed by atoms with van der Waals surface area (Å²) in [6.07, 6.45) is 2.07. The predicted octanol–water partition coefficient (Wildman–Crippen LogP) is 2.69. The van der Waals surface area contributed by atoms with Gasteiger partial charge < -0.3 is 16.0 Å². The SMILES string of the molecule is CCNC(=NCc1ccc(C)cc1SC)NCC(=O)NC(C)(C)C. The highest BCUT2D eigenvalue weighted by Crippen LogP contribution is 2.22. The molecule has 24 heavy (non-hydrogen) atoms. The fourth-order valence-electron chi connectivity index (χ4n) is 2.11. The number of benzene rings is 1. The number of hydrogen-bond acceptors (Lipinski definition) is 3. The molecule has 0 heterocycles. The van der Waals surface area contributed by atoms with Crippen LogP contribution in [0.2, 0.25) is 0 Å². The van der Waals surface area contributed by atoms with Crippen molar-refractivity contribution in [3.63, 3.8) is 0 Å². The third-order valence-corrected chi connectivity index (χ3v) is 3.94. The Labute approximate surface area is 150 Å². The van der Waals surface area contributed by atoms with Crippen molar-refractivity contribution in [3.05, 3.63) is 29.3 Å². The molecule has 0 atom stereocenters. The summed E-state index contributed by atoms with van der Waals surface area (Å²) >= 11 is 1.73. The van der Waals surface area contributed by atoms with Crippen LogP contribution in [0.15, 0.2) is 28.1 Å². The second-order valence-corrected chi connectivity index (χ2v) is 7.51. The summed E-state index contributed by atoms with van der Waals surface area (Å²) in [5, 5.41) is 9.18. The van der Waals surface area contributed by atoms with Gasteiger partial charge in [-0.05, 0) is 58.1 Å². The Morgan fingerprint density at radius 2 is 1.96 bits per heavy atom. The molecule has 0 fully saturated rings. The maximum absolute atomic E-state index is 11.9. The molecule has 3 N–H and O–H groups in total. The van der Waals surface area contributed by atoms with Crippen LogP contribution in [0.1, 0.15) is 38.8 Å². The van der Waals surface area contributed by atoms with Crippen LogP contribution in [0.25, 0.3) is 0 Å². The van der Waals surface area contributed by atoms with E-state index in [1.54, 1.807) is 11.8 Å². The van der Waals surface area contributed by atoms with Crippen LogP contribution in [0.4, 0.5) is 0 Å². The predicted molar refractivity (Wildman–Crippen MR) is 104 cm³/mol. The van der Waals surface area contributed by atoms with Crippen LogP contribution < -0.4 is 16.0 Å². The van der Waals surface area contributed by atoms with Gasteiger partial charge in [0.15, 0.2) is 5.96 Å². The summed E-state index contributed by atoms with van der Waals surface area (Å²) in [6, 6.07) is 6.38. The van der Waals surface area contributed by atoms with E-state index in [9.17, 15) is 4.79 Å². The lowest BCUT2D eigenvalue weighted by molar-refractivity contribution is -0.121. The summed E-state index contributed by atoms with van der Waals surface area (Å²) in [6.45, 7) is 11.5. The Bertz CT molecular complexity index is 579. The summed E-state index contributed by atoms with van der Waals surface area (Å²) in [7, 11) is 0. The first kappa shape index (κ1) is 20.4. The van der Waals surface area contributed by atoms with Crippen LogP contribution in [0.3, 0.4) is 0 Å². The van der Waals surface area contributed by atoms with Gasteiger partial charge >= 0.3 is 0 Å². The van der Waals surface area contributed by atoms with Gasteiger partial charge in [-0.3, -0.25) is 4.79 Å². The van der Waals surface area contributed by atoms with Crippen molar-refractivity contribution in [2.45, 2.75) is 51.6 Å². The highest BCUT2D eigenvalue weighted by atomic mass is 32.2. The van der Waals surface area contributed by atoms with E-state index in [0.29, 0.717) is 12.5 Å². The van der Waals surface area contributed by atoms with Crippen LogP contribution in [0.5, 0.6) is 0 Å². The van der Waals surface area contributed by atoms with Gasteiger partial charge in [0.05, 0.1) is 13.1 Å². The van der Waals surface area contributed by atoms with E-state index in [1.165, 1.54) is 16.0 Å². The van der Waals surface area contributed by atoms with Crippen molar-refractivity contribution in [2.24, 2.45) is 4.99 Å².